The molecule has 0 radical (unpaired) electrons. The first-order valence-corrected chi connectivity index (χ1v) is 11.4. The molecule has 1 aromatic heterocycles. The van der Waals surface area contributed by atoms with E-state index in [-0.39, 0.29) is 11.5 Å². The molecule has 2 heterocycles. The Morgan fingerprint density at radius 3 is 2.51 bits per heavy atom. The minimum absolute atomic E-state index is 0.0697. The largest absolute Gasteiger partial charge is 0.497 e. The van der Waals surface area contributed by atoms with Crippen LogP contribution in [0.3, 0.4) is 0 Å². The summed E-state index contributed by atoms with van der Waals surface area (Å²) < 4.78 is 8.95. The summed E-state index contributed by atoms with van der Waals surface area (Å²) in [6.07, 6.45) is 0.468. The van der Waals surface area contributed by atoms with Crippen LogP contribution in [-0.2, 0) is 19.5 Å². The lowest BCUT2D eigenvalue weighted by Gasteiger charge is -2.28. The molecule has 0 atom stereocenters. The van der Waals surface area contributed by atoms with Gasteiger partial charge in [-0.2, -0.15) is 5.26 Å². The third-order valence-electron chi connectivity index (χ3n) is 6.34. The SMILES string of the molecule is COc1ccc(-n2c(=O)c3c(n2Cc2ccccc2)CN(C(=O)c2cccc(C#N)c2)CC3)cc1. The molecule has 4 aromatic rings. The van der Waals surface area contributed by atoms with Gasteiger partial charge < -0.3 is 9.64 Å². The van der Waals surface area contributed by atoms with Crippen molar-refractivity contribution in [2.45, 2.75) is 19.5 Å². The second-order valence-electron chi connectivity index (χ2n) is 8.45. The highest BCUT2D eigenvalue weighted by atomic mass is 16.5. The van der Waals surface area contributed by atoms with Crippen LogP contribution in [-0.4, -0.2) is 33.8 Å². The average Bonchev–Trinajstić information content (AvgIpc) is 3.19. The zero-order valence-corrected chi connectivity index (χ0v) is 19.3. The second-order valence-corrected chi connectivity index (χ2v) is 8.45. The first-order valence-electron chi connectivity index (χ1n) is 11.4. The van der Waals surface area contributed by atoms with Crippen LogP contribution in [0.2, 0.25) is 0 Å². The summed E-state index contributed by atoms with van der Waals surface area (Å²) in [4.78, 5) is 28.6. The van der Waals surface area contributed by atoms with E-state index >= 15 is 0 Å². The molecule has 0 aliphatic carbocycles. The van der Waals surface area contributed by atoms with Crippen molar-refractivity contribution in [3.63, 3.8) is 0 Å². The Balaban J connectivity index is 1.57. The number of aromatic nitrogens is 2. The zero-order valence-electron chi connectivity index (χ0n) is 19.3. The fourth-order valence-corrected chi connectivity index (χ4v) is 4.55. The molecule has 5 rings (SSSR count). The van der Waals surface area contributed by atoms with Gasteiger partial charge in [0.25, 0.3) is 11.5 Å². The summed E-state index contributed by atoms with van der Waals surface area (Å²) in [6.45, 7) is 1.25. The maximum atomic E-state index is 13.6. The highest BCUT2D eigenvalue weighted by Gasteiger charge is 2.29. The summed E-state index contributed by atoms with van der Waals surface area (Å²) in [5.74, 6) is 0.563. The van der Waals surface area contributed by atoms with Crippen molar-refractivity contribution < 1.29 is 9.53 Å². The molecule has 174 valence electrons. The highest BCUT2D eigenvalue weighted by Crippen LogP contribution is 2.23. The van der Waals surface area contributed by atoms with Gasteiger partial charge >= 0.3 is 0 Å². The molecule has 0 spiro atoms. The summed E-state index contributed by atoms with van der Waals surface area (Å²) in [6, 6.07) is 26.1. The normalized spacial score (nSPS) is 12.6. The average molecular weight is 465 g/mol. The van der Waals surface area contributed by atoms with Gasteiger partial charge in [0.15, 0.2) is 0 Å². The van der Waals surface area contributed by atoms with Crippen molar-refractivity contribution in [2.75, 3.05) is 13.7 Å². The van der Waals surface area contributed by atoms with Gasteiger partial charge in [0.1, 0.15) is 5.75 Å². The lowest BCUT2D eigenvalue weighted by atomic mass is 10.0. The Morgan fingerprint density at radius 1 is 1.03 bits per heavy atom. The Bertz CT molecular complexity index is 1480. The van der Waals surface area contributed by atoms with E-state index in [1.54, 1.807) is 41.0 Å². The first kappa shape index (κ1) is 22.2. The van der Waals surface area contributed by atoms with Crippen molar-refractivity contribution in [1.29, 1.82) is 5.26 Å². The molecule has 0 saturated heterocycles. The van der Waals surface area contributed by atoms with E-state index in [0.29, 0.717) is 42.9 Å². The number of rotatable bonds is 5. The predicted octanol–water partition coefficient (Wildman–Crippen LogP) is 3.77. The number of ether oxygens (including phenoxy) is 1. The third-order valence-corrected chi connectivity index (χ3v) is 6.34. The molecule has 0 saturated carbocycles. The predicted molar refractivity (Wildman–Crippen MR) is 132 cm³/mol. The van der Waals surface area contributed by atoms with Crippen LogP contribution >= 0.6 is 0 Å². The Kier molecular flexibility index (Phi) is 5.94. The van der Waals surface area contributed by atoms with Gasteiger partial charge in [-0.3, -0.25) is 14.3 Å². The van der Waals surface area contributed by atoms with E-state index in [1.807, 2.05) is 59.3 Å². The number of hydrogen-bond donors (Lipinski definition) is 0. The number of fused-ring (bicyclic) bond motifs is 1. The van der Waals surface area contributed by atoms with Gasteiger partial charge in [-0.15, -0.1) is 0 Å². The monoisotopic (exact) mass is 464 g/mol. The maximum Gasteiger partial charge on any atom is 0.275 e. The molecule has 0 bridgehead atoms. The van der Waals surface area contributed by atoms with Crippen LogP contribution in [0.15, 0.2) is 83.7 Å². The van der Waals surface area contributed by atoms with Gasteiger partial charge in [-0.25, -0.2) is 4.68 Å². The summed E-state index contributed by atoms with van der Waals surface area (Å²) >= 11 is 0. The van der Waals surface area contributed by atoms with Gasteiger partial charge in [0, 0.05) is 17.7 Å². The summed E-state index contributed by atoms with van der Waals surface area (Å²) in [7, 11) is 1.61. The molecule has 0 N–H and O–H groups in total. The Hall–Kier alpha value is -4.57. The molecule has 7 heteroatoms. The van der Waals surface area contributed by atoms with Crippen LogP contribution in [0, 0.1) is 11.3 Å². The standard InChI is InChI=1S/C28H24N4O3/c1-35-24-12-10-23(11-13-24)32-28(34)25-14-15-30(27(33)22-9-5-8-21(16-22)17-29)19-26(25)31(32)18-20-6-3-2-4-7-20/h2-13,16H,14-15,18-19H2,1H3. The van der Waals surface area contributed by atoms with E-state index in [2.05, 4.69) is 6.07 Å². The topological polar surface area (TPSA) is 80.3 Å². The lowest BCUT2D eigenvalue weighted by molar-refractivity contribution is 0.0729. The number of benzene rings is 3. The minimum atomic E-state index is -0.149. The number of nitriles is 1. The van der Waals surface area contributed by atoms with Gasteiger partial charge in [0.2, 0.25) is 0 Å². The van der Waals surface area contributed by atoms with Crippen LogP contribution in [0.4, 0.5) is 0 Å². The highest BCUT2D eigenvalue weighted by molar-refractivity contribution is 5.94. The quantitative estimate of drug-likeness (QED) is 0.450. The molecule has 0 fully saturated rings. The zero-order chi connectivity index (χ0) is 24.4. The summed E-state index contributed by atoms with van der Waals surface area (Å²) in [5.41, 5.74) is 4.19. The van der Waals surface area contributed by atoms with Crippen LogP contribution in [0.25, 0.3) is 5.69 Å². The molecule has 1 aliphatic heterocycles. The number of carbonyl (C=O) groups excluding carboxylic acids is 1. The number of hydrogen-bond acceptors (Lipinski definition) is 4. The number of amides is 1. The van der Waals surface area contributed by atoms with Crippen molar-refractivity contribution in [3.8, 4) is 17.5 Å². The van der Waals surface area contributed by atoms with Crippen LogP contribution < -0.4 is 10.3 Å². The molecule has 35 heavy (non-hydrogen) atoms. The van der Waals surface area contributed by atoms with Crippen molar-refractivity contribution in [1.82, 2.24) is 14.3 Å². The van der Waals surface area contributed by atoms with E-state index in [1.165, 1.54) is 0 Å². The van der Waals surface area contributed by atoms with Gasteiger partial charge in [-0.05, 0) is 54.4 Å². The van der Waals surface area contributed by atoms with Crippen molar-refractivity contribution in [2.24, 2.45) is 0 Å². The lowest BCUT2D eigenvalue weighted by Crippen LogP contribution is -2.37. The number of carbonyl (C=O) groups is 1. The third kappa shape index (κ3) is 4.22. The molecule has 7 nitrogen and oxygen atoms in total. The molecular weight excluding hydrogens is 440 g/mol. The van der Waals surface area contributed by atoms with E-state index < -0.39 is 0 Å². The molecule has 3 aromatic carbocycles. The minimum Gasteiger partial charge on any atom is -0.497 e. The van der Waals surface area contributed by atoms with E-state index in [0.717, 1.165) is 22.5 Å². The number of nitrogens with zero attached hydrogens (tertiary/aromatic N) is 4. The Labute approximate surface area is 203 Å². The van der Waals surface area contributed by atoms with Gasteiger partial charge in [-0.1, -0.05) is 36.4 Å². The van der Waals surface area contributed by atoms with Gasteiger partial charge in [0.05, 0.1) is 43.2 Å². The van der Waals surface area contributed by atoms with Crippen LogP contribution in [0.1, 0.15) is 32.7 Å². The second kappa shape index (κ2) is 9.35. The van der Waals surface area contributed by atoms with Crippen LogP contribution in [0.5, 0.6) is 5.75 Å². The molecule has 1 aliphatic rings. The fraction of sp³-hybridized carbons (Fsp3) is 0.179. The molecular formula is C28H24N4O3. The van der Waals surface area contributed by atoms with E-state index in [9.17, 15) is 14.9 Å². The number of methoxy groups -OCH3 is 1. The molecule has 1 amide bonds. The van der Waals surface area contributed by atoms with Crippen molar-refractivity contribution in [3.05, 3.63) is 117 Å². The Morgan fingerprint density at radius 2 is 1.80 bits per heavy atom. The summed E-state index contributed by atoms with van der Waals surface area (Å²) in [5, 5.41) is 9.21. The first-order chi connectivity index (χ1) is 17.1. The molecule has 0 unspecified atom stereocenters. The van der Waals surface area contributed by atoms with E-state index in [4.69, 9.17) is 4.74 Å². The fourth-order valence-electron chi connectivity index (χ4n) is 4.55. The smallest absolute Gasteiger partial charge is 0.275 e. The van der Waals surface area contributed by atoms with Crippen molar-refractivity contribution >= 4 is 5.91 Å². The maximum absolute atomic E-state index is 13.6.